The molecule has 0 radical (unpaired) electrons. The van der Waals surface area contributed by atoms with E-state index in [0.29, 0.717) is 29.0 Å². The van der Waals surface area contributed by atoms with E-state index in [1.54, 1.807) is 7.11 Å². The summed E-state index contributed by atoms with van der Waals surface area (Å²) in [7, 11) is 3.45. The summed E-state index contributed by atoms with van der Waals surface area (Å²) in [6.07, 6.45) is 0. The monoisotopic (exact) mass is 261 g/mol. The second-order valence-corrected chi connectivity index (χ2v) is 4.52. The molecule has 0 saturated carbocycles. The summed E-state index contributed by atoms with van der Waals surface area (Å²) in [4.78, 5) is 0. The van der Waals surface area contributed by atoms with Crippen LogP contribution in [0.25, 0.3) is 0 Å². The number of likely N-dealkylation sites (N-methyl/N-ethyl adjacent to an activating group) is 1. The van der Waals surface area contributed by atoms with E-state index >= 15 is 0 Å². The number of methoxy groups -OCH3 is 1. The number of rotatable bonds is 3. The summed E-state index contributed by atoms with van der Waals surface area (Å²) in [5, 5.41) is 4.20. The van der Waals surface area contributed by atoms with Crippen molar-refractivity contribution >= 4 is 23.2 Å². The summed E-state index contributed by atoms with van der Waals surface area (Å²) in [5.74, 6) is 0.585. The number of ether oxygens (including phenoxy) is 2. The Morgan fingerprint density at radius 1 is 1.31 bits per heavy atom. The molecule has 88 valence electrons. The van der Waals surface area contributed by atoms with Gasteiger partial charge in [-0.2, -0.15) is 0 Å². The molecule has 16 heavy (non-hydrogen) atoms. The largest absolute Gasteiger partial charge is 0.495 e. The Labute approximate surface area is 105 Å². The van der Waals surface area contributed by atoms with Crippen LogP contribution in [0.3, 0.4) is 0 Å². The van der Waals surface area contributed by atoms with Crippen LogP contribution < -0.4 is 10.1 Å². The van der Waals surface area contributed by atoms with Crippen LogP contribution in [-0.4, -0.2) is 27.4 Å². The van der Waals surface area contributed by atoms with Crippen molar-refractivity contribution in [1.29, 1.82) is 0 Å². The van der Waals surface area contributed by atoms with Gasteiger partial charge in [-0.05, 0) is 18.7 Å². The molecule has 5 heteroatoms. The molecular formula is C11H13Cl2NO2. The molecule has 1 aromatic rings. The molecule has 2 rings (SSSR count). The van der Waals surface area contributed by atoms with E-state index in [0.717, 1.165) is 5.56 Å². The first-order valence-corrected chi connectivity index (χ1v) is 5.69. The van der Waals surface area contributed by atoms with Crippen molar-refractivity contribution in [1.82, 2.24) is 5.32 Å². The average molecular weight is 262 g/mol. The van der Waals surface area contributed by atoms with Crippen LogP contribution in [0.2, 0.25) is 10.0 Å². The number of hydrogen-bond acceptors (Lipinski definition) is 3. The Morgan fingerprint density at radius 2 is 2.00 bits per heavy atom. The second kappa shape index (κ2) is 4.41. The highest BCUT2D eigenvalue weighted by molar-refractivity contribution is 6.43. The Bertz CT molecular complexity index is 400. The van der Waals surface area contributed by atoms with E-state index in [1.807, 2.05) is 19.2 Å². The van der Waals surface area contributed by atoms with Crippen LogP contribution in [-0.2, 0) is 10.3 Å². The third-order valence-corrected chi connectivity index (χ3v) is 3.82. The molecule has 0 unspecified atom stereocenters. The number of nitrogens with one attached hydrogen (secondary N) is 1. The van der Waals surface area contributed by atoms with Crippen molar-refractivity contribution in [3.63, 3.8) is 0 Å². The molecule has 0 bridgehead atoms. The maximum atomic E-state index is 6.25. The Kier molecular flexibility index (Phi) is 3.31. The second-order valence-electron chi connectivity index (χ2n) is 3.77. The van der Waals surface area contributed by atoms with E-state index in [2.05, 4.69) is 5.32 Å². The van der Waals surface area contributed by atoms with Gasteiger partial charge in [-0.1, -0.05) is 29.3 Å². The standard InChI is InChI=1S/C11H13Cl2NO2/c1-14-11(5-16-6-11)7-3-4-8(15-2)10(13)9(7)12/h3-4,14H,5-6H2,1-2H3. The molecule has 3 nitrogen and oxygen atoms in total. The minimum absolute atomic E-state index is 0.215. The minimum Gasteiger partial charge on any atom is -0.495 e. The van der Waals surface area contributed by atoms with Crippen LogP contribution in [0.5, 0.6) is 5.75 Å². The van der Waals surface area contributed by atoms with Gasteiger partial charge >= 0.3 is 0 Å². The SMILES string of the molecule is CNC1(c2ccc(OC)c(Cl)c2Cl)COC1. The smallest absolute Gasteiger partial charge is 0.139 e. The third kappa shape index (κ3) is 1.68. The molecule has 1 aliphatic heterocycles. The van der Waals surface area contributed by atoms with Gasteiger partial charge < -0.3 is 14.8 Å². The Morgan fingerprint density at radius 3 is 2.44 bits per heavy atom. The van der Waals surface area contributed by atoms with Gasteiger partial charge in [0.05, 0.1) is 30.9 Å². The predicted molar refractivity (Wildman–Crippen MR) is 64.6 cm³/mol. The molecular weight excluding hydrogens is 249 g/mol. The first-order chi connectivity index (χ1) is 7.64. The van der Waals surface area contributed by atoms with E-state index in [9.17, 15) is 0 Å². The van der Waals surface area contributed by atoms with E-state index in [4.69, 9.17) is 32.7 Å². The molecule has 1 saturated heterocycles. The van der Waals surface area contributed by atoms with Gasteiger partial charge in [0.2, 0.25) is 0 Å². The van der Waals surface area contributed by atoms with Gasteiger partial charge in [0.1, 0.15) is 10.8 Å². The Hall–Kier alpha value is -0.480. The molecule has 1 N–H and O–H groups in total. The molecule has 0 amide bonds. The van der Waals surface area contributed by atoms with Gasteiger partial charge in [-0.3, -0.25) is 0 Å². The summed E-state index contributed by atoms with van der Waals surface area (Å²) >= 11 is 12.4. The van der Waals surface area contributed by atoms with Crippen molar-refractivity contribution in [2.45, 2.75) is 5.54 Å². The lowest BCUT2D eigenvalue weighted by Gasteiger charge is -2.42. The fraction of sp³-hybridized carbons (Fsp3) is 0.455. The number of halogens is 2. The highest BCUT2D eigenvalue weighted by Gasteiger charge is 2.41. The molecule has 0 aromatic heterocycles. The molecule has 1 aliphatic rings. The van der Waals surface area contributed by atoms with E-state index < -0.39 is 0 Å². The van der Waals surface area contributed by atoms with Crippen LogP contribution >= 0.6 is 23.2 Å². The quantitative estimate of drug-likeness (QED) is 0.907. The molecule has 1 heterocycles. The van der Waals surface area contributed by atoms with Crippen molar-refractivity contribution in [2.24, 2.45) is 0 Å². The zero-order valence-corrected chi connectivity index (χ0v) is 10.7. The fourth-order valence-electron chi connectivity index (χ4n) is 1.80. The first-order valence-electron chi connectivity index (χ1n) is 4.94. The van der Waals surface area contributed by atoms with Gasteiger partial charge in [0.15, 0.2) is 0 Å². The maximum absolute atomic E-state index is 6.25. The molecule has 0 spiro atoms. The highest BCUT2D eigenvalue weighted by Crippen LogP contribution is 2.41. The average Bonchev–Trinajstić information content (AvgIpc) is 2.23. The van der Waals surface area contributed by atoms with Gasteiger partial charge in [0, 0.05) is 0 Å². The number of benzene rings is 1. The lowest BCUT2D eigenvalue weighted by molar-refractivity contribution is -0.0747. The van der Waals surface area contributed by atoms with Crippen molar-refractivity contribution in [3.8, 4) is 5.75 Å². The van der Waals surface area contributed by atoms with Gasteiger partial charge in [-0.25, -0.2) is 0 Å². The lowest BCUT2D eigenvalue weighted by atomic mass is 9.88. The van der Waals surface area contributed by atoms with Crippen molar-refractivity contribution in [3.05, 3.63) is 27.7 Å². The van der Waals surface area contributed by atoms with Gasteiger partial charge in [-0.15, -0.1) is 0 Å². The van der Waals surface area contributed by atoms with E-state index in [-0.39, 0.29) is 5.54 Å². The zero-order chi connectivity index (χ0) is 11.8. The van der Waals surface area contributed by atoms with Gasteiger partial charge in [0.25, 0.3) is 0 Å². The number of hydrogen-bond donors (Lipinski definition) is 1. The molecule has 0 atom stereocenters. The van der Waals surface area contributed by atoms with E-state index in [1.165, 1.54) is 0 Å². The van der Waals surface area contributed by atoms with Crippen LogP contribution in [0.1, 0.15) is 5.56 Å². The first kappa shape index (κ1) is 12.0. The zero-order valence-electron chi connectivity index (χ0n) is 9.14. The Balaban J connectivity index is 2.46. The van der Waals surface area contributed by atoms with Crippen molar-refractivity contribution < 1.29 is 9.47 Å². The summed E-state index contributed by atoms with van der Waals surface area (Å²) < 4.78 is 10.4. The van der Waals surface area contributed by atoms with Crippen LogP contribution in [0, 0.1) is 0 Å². The predicted octanol–water partition coefficient (Wildman–Crippen LogP) is 2.45. The fourth-order valence-corrected chi connectivity index (χ4v) is 2.38. The lowest BCUT2D eigenvalue weighted by Crippen LogP contribution is -2.56. The summed E-state index contributed by atoms with van der Waals surface area (Å²) in [6, 6.07) is 3.74. The summed E-state index contributed by atoms with van der Waals surface area (Å²) in [5.41, 5.74) is 0.737. The maximum Gasteiger partial charge on any atom is 0.139 e. The molecule has 1 aromatic carbocycles. The molecule has 0 aliphatic carbocycles. The molecule has 1 fully saturated rings. The minimum atomic E-state index is -0.215. The topological polar surface area (TPSA) is 30.5 Å². The van der Waals surface area contributed by atoms with Crippen molar-refractivity contribution in [2.75, 3.05) is 27.4 Å². The van der Waals surface area contributed by atoms with Crippen LogP contribution in [0.4, 0.5) is 0 Å². The normalized spacial score (nSPS) is 18.0. The summed E-state index contributed by atoms with van der Waals surface area (Å²) in [6.45, 7) is 1.21. The third-order valence-electron chi connectivity index (χ3n) is 2.96. The van der Waals surface area contributed by atoms with Crippen LogP contribution in [0.15, 0.2) is 12.1 Å². The highest BCUT2D eigenvalue weighted by atomic mass is 35.5.